The van der Waals surface area contributed by atoms with Crippen LogP contribution in [-0.2, 0) is 11.2 Å². The Hall–Kier alpha value is -1.65. The summed E-state index contributed by atoms with van der Waals surface area (Å²) in [5.74, 6) is 0.117. The van der Waals surface area contributed by atoms with Crippen LogP contribution in [0.3, 0.4) is 0 Å². The number of carboxylic acid groups (broad SMARTS) is 1. The highest BCUT2D eigenvalue weighted by molar-refractivity contribution is 5.76. The van der Waals surface area contributed by atoms with Crippen molar-refractivity contribution in [2.75, 3.05) is 18.0 Å². The fourth-order valence-electron chi connectivity index (χ4n) is 2.28. The normalized spacial score (nSPS) is 23.3. The summed E-state index contributed by atoms with van der Waals surface area (Å²) < 4.78 is 0. The number of carboxylic acids is 1. The molecule has 1 aromatic heterocycles. The summed E-state index contributed by atoms with van der Waals surface area (Å²) in [6, 6.07) is 1.97. The third-order valence-corrected chi connectivity index (χ3v) is 3.53. The quantitative estimate of drug-likeness (QED) is 0.880. The van der Waals surface area contributed by atoms with Gasteiger partial charge in [0, 0.05) is 24.8 Å². The van der Waals surface area contributed by atoms with Crippen molar-refractivity contribution in [3.63, 3.8) is 0 Å². The van der Waals surface area contributed by atoms with E-state index in [0.717, 1.165) is 30.9 Å². The SMILES string of the molecule is CCCc1cc(N2CCC(C)(C(=O)O)C2)ncn1. The van der Waals surface area contributed by atoms with Gasteiger partial charge in [0.2, 0.25) is 0 Å². The van der Waals surface area contributed by atoms with Crippen molar-refractivity contribution >= 4 is 11.8 Å². The molecule has 1 aliphatic rings. The summed E-state index contributed by atoms with van der Waals surface area (Å²) in [6.07, 6.45) is 4.20. The maximum absolute atomic E-state index is 11.2. The van der Waals surface area contributed by atoms with Crippen LogP contribution < -0.4 is 4.90 Å². The zero-order valence-electron chi connectivity index (χ0n) is 10.9. The molecule has 5 heteroatoms. The Balaban J connectivity index is 2.14. The number of hydrogen-bond acceptors (Lipinski definition) is 4. The Morgan fingerprint density at radius 1 is 1.56 bits per heavy atom. The Labute approximate surface area is 107 Å². The Morgan fingerprint density at radius 3 is 2.94 bits per heavy atom. The maximum atomic E-state index is 11.2. The van der Waals surface area contributed by atoms with Crippen LogP contribution >= 0.6 is 0 Å². The molecular formula is C13H19N3O2. The van der Waals surface area contributed by atoms with E-state index in [1.54, 1.807) is 13.3 Å². The van der Waals surface area contributed by atoms with Gasteiger partial charge in [0.15, 0.2) is 0 Å². The minimum atomic E-state index is -0.729. The molecule has 1 fully saturated rings. The Bertz CT molecular complexity index is 450. The standard InChI is InChI=1S/C13H19N3O2/c1-3-4-10-7-11(15-9-14-10)16-6-5-13(2,8-16)12(17)18/h7,9H,3-6,8H2,1-2H3,(H,17,18). The van der Waals surface area contributed by atoms with Crippen LogP contribution in [0, 0.1) is 5.41 Å². The minimum absolute atomic E-state index is 0.519. The van der Waals surface area contributed by atoms with Crippen molar-refractivity contribution in [1.29, 1.82) is 0 Å². The summed E-state index contributed by atoms with van der Waals surface area (Å²) in [6.45, 7) is 5.17. The van der Waals surface area contributed by atoms with E-state index in [2.05, 4.69) is 16.9 Å². The van der Waals surface area contributed by atoms with Gasteiger partial charge in [-0.1, -0.05) is 13.3 Å². The molecule has 1 unspecified atom stereocenters. The molecular weight excluding hydrogens is 230 g/mol. The average molecular weight is 249 g/mol. The van der Waals surface area contributed by atoms with Gasteiger partial charge < -0.3 is 10.0 Å². The lowest BCUT2D eigenvalue weighted by Crippen LogP contribution is -2.32. The van der Waals surface area contributed by atoms with E-state index in [0.29, 0.717) is 13.0 Å². The molecule has 0 radical (unpaired) electrons. The number of aryl methyl sites for hydroxylation is 1. The lowest BCUT2D eigenvalue weighted by atomic mass is 9.90. The fourth-order valence-corrected chi connectivity index (χ4v) is 2.28. The van der Waals surface area contributed by atoms with Crippen molar-refractivity contribution in [2.24, 2.45) is 5.41 Å². The Kier molecular flexibility index (Phi) is 3.50. The van der Waals surface area contributed by atoms with Crippen LogP contribution in [0.1, 0.15) is 32.4 Å². The van der Waals surface area contributed by atoms with Crippen molar-refractivity contribution in [3.8, 4) is 0 Å². The van der Waals surface area contributed by atoms with Gasteiger partial charge in [-0.2, -0.15) is 0 Å². The van der Waals surface area contributed by atoms with E-state index in [-0.39, 0.29) is 0 Å². The molecule has 0 aliphatic carbocycles. The third-order valence-electron chi connectivity index (χ3n) is 3.53. The second-order valence-electron chi connectivity index (χ2n) is 5.15. The van der Waals surface area contributed by atoms with Crippen LogP contribution in [0.25, 0.3) is 0 Å². The first-order chi connectivity index (χ1) is 8.55. The highest BCUT2D eigenvalue weighted by Gasteiger charge is 2.40. The number of anilines is 1. The van der Waals surface area contributed by atoms with Crippen LogP contribution in [-0.4, -0.2) is 34.1 Å². The van der Waals surface area contributed by atoms with E-state index < -0.39 is 11.4 Å². The third kappa shape index (κ3) is 2.44. The van der Waals surface area contributed by atoms with Crippen LogP contribution in [0.5, 0.6) is 0 Å². The predicted molar refractivity (Wildman–Crippen MR) is 68.6 cm³/mol. The van der Waals surface area contributed by atoms with Gasteiger partial charge in [0.1, 0.15) is 12.1 Å². The zero-order chi connectivity index (χ0) is 13.2. The van der Waals surface area contributed by atoms with Crippen molar-refractivity contribution < 1.29 is 9.90 Å². The first kappa shape index (κ1) is 12.8. The van der Waals surface area contributed by atoms with Crippen LogP contribution in [0.15, 0.2) is 12.4 Å². The minimum Gasteiger partial charge on any atom is -0.481 e. The molecule has 0 bridgehead atoms. The molecule has 2 rings (SSSR count). The van der Waals surface area contributed by atoms with Gasteiger partial charge in [-0.3, -0.25) is 4.79 Å². The predicted octanol–water partition coefficient (Wildman–Crippen LogP) is 1.73. The van der Waals surface area contributed by atoms with Gasteiger partial charge in [0.25, 0.3) is 0 Å². The largest absolute Gasteiger partial charge is 0.481 e. The molecule has 5 nitrogen and oxygen atoms in total. The van der Waals surface area contributed by atoms with Gasteiger partial charge >= 0.3 is 5.97 Å². The summed E-state index contributed by atoms with van der Waals surface area (Å²) in [7, 11) is 0. The molecule has 1 atom stereocenters. The van der Waals surface area contributed by atoms with Crippen molar-refractivity contribution in [3.05, 3.63) is 18.1 Å². The van der Waals surface area contributed by atoms with Crippen LogP contribution in [0.4, 0.5) is 5.82 Å². The summed E-state index contributed by atoms with van der Waals surface area (Å²) in [4.78, 5) is 21.7. The van der Waals surface area contributed by atoms with Gasteiger partial charge in [-0.05, 0) is 19.8 Å². The van der Waals surface area contributed by atoms with Crippen LogP contribution in [0.2, 0.25) is 0 Å². The van der Waals surface area contributed by atoms with E-state index >= 15 is 0 Å². The number of aliphatic carboxylic acids is 1. The zero-order valence-corrected chi connectivity index (χ0v) is 10.9. The molecule has 98 valence electrons. The summed E-state index contributed by atoms with van der Waals surface area (Å²) in [5, 5.41) is 9.22. The molecule has 0 saturated carbocycles. The first-order valence-electron chi connectivity index (χ1n) is 6.34. The number of hydrogen-bond donors (Lipinski definition) is 1. The molecule has 0 spiro atoms. The van der Waals surface area contributed by atoms with E-state index in [1.807, 2.05) is 11.0 Å². The number of aromatic nitrogens is 2. The molecule has 18 heavy (non-hydrogen) atoms. The molecule has 1 aliphatic heterocycles. The summed E-state index contributed by atoms with van der Waals surface area (Å²) >= 11 is 0. The topological polar surface area (TPSA) is 66.3 Å². The molecule has 0 aromatic carbocycles. The smallest absolute Gasteiger partial charge is 0.311 e. The second kappa shape index (κ2) is 4.92. The van der Waals surface area contributed by atoms with Gasteiger partial charge in [0.05, 0.1) is 5.41 Å². The van der Waals surface area contributed by atoms with Crippen molar-refractivity contribution in [2.45, 2.75) is 33.1 Å². The second-order valence-corrected chi connectivity index (χ2v) is 5.15. The Morgan fingerprint density at radius 2 is 2.33 bits per heavy atom. The van der Waals surface area contributed by atoms with Crippen molar-refractivity contribution in [1.82, 2.24) is 9.97 Å². The maximum Gasteiger partial charge on any atom is 0.311 e. The molecule has 1 saturated heterocycles. The molecule has 1 N–H and O–H groups in total. The lowest BCUT2D eigenvalue weighted by Gasteiger charge is -2.21. The number of nitrogens with zero attached hydrogens (tertiary/aromatic N) is 3. The van der Waals surface area contributed by atoms with Gasteiger partial charge in [-0.25, -0.2) is 9.97 Å². The first-order valence-corrected chi connectivity index (χ1v) is 6.34. The highest BCUT2D eigenvalue weighted by atomic mass is 16.4. The molecule has 0 amide bonds. The highest BCUT2D eigenvalue weighted by Crippen LogP contribution is 2.32. The lowest BCUT2D eigenvalue weighted by molar-refractivity contribution is -0.146. The number of carbonyl (C=O) groups is 1. The molecule has 2 heterocycles. The van der Waals surface area contributed by atoms with E-state index in [1.165, 1.54) is 0 Å². The molecule has 1 aromatic rings. The monoisotopic (exact) mass is 249 g/mol. The number of rotatable bonds is 4. The van der Waals surface area contributed by atoms with Gasteiger partial charge in [-0.15, -0.1) is 0 Å². The fraction of sp³-hybridized carbons (Fsp3) is 0.615. The average Bonchev–Trinajstić information content (AvgIpc) is 2.74. The summed E-state index contributed by atoms with van der Waals surface area (Å²) in [5.41, 5.74) is 0.363. The van der Waals surface area contributed by atoms with E-state index in [4.69, 9.17) is 0 Å². The van der Waals surface area contributed by atoms with E-state index in [9.17, 15) is 9.90 Å².